The van der Waals surface area contributed by atoms with Crippen LogP contribution in [0.25, 0.3) is 0 Å². The van der Waals surface area contributed by atoms with Crippen molar-refractivity contribution in [2.75, 3.05) is 27.2 Å². The van der Waals surface area contributed by atoms with Crippen LogP contribution in [0.1, 0.15) is 18.9 Å². The van der Waals surface area contributed by atoms with Gasteiger partial charge in [-0.1, -0.05) is 30.3 Å². The molecule has 1 amide bonds. The second-order valence-electron chi connectivity index (χ2n) is 5.00. The minimum absolute atomic E-state index is 0. The van der Waals surface area contributed by atoms with Crippen LogP contribution in [0.3, 0.4) is 0 Å². The van der Waals surface area contributed by atoms with Crippen molar-refractivity contribution in [3.63, 3.8) is 0 Å². The maximum atomic E-state index is 11.6. The summed E-state index contributed by atoms with van der Waals surface area (Å²) in [4.78, 5) is 13.8. The van der Waals surface area contributed by atoms with E-state index in [2.05, 4.69) is 34.7 Å². The smallest absolute Gasteiger partial charge is 0.221 e. The number of likely N-dealkylation sites (N-methyl/N-ethyl adjacent to an activating group) is 1. The van der Waals surface area contributed by atoms with E-state index in [-0.39, 0.29) is 24.4 Å². The number of amides is 1. The SMILES string of the molecule is CNCCC(=O)NC(C)CN(C)Cc1ccccc1.Cl. The molecule has 20 heavy (non-hydrogen) atoms. The van der Waals surface area contributed by atoms with Gasteiger partial charge < -0.3 is 15.5 Å². The quantitative estimate of drug-likeness (QED) is 0.767. The lowest BCUT2D eigenvalue weighted by Crippen LogP contribution is -2.41. The number of hydrogen-bond donors (Lipinski definition) is 2. The zero-order chi connectivity index (χ0) is 14.1. The van der Waals surface area contributed by atoms with Gasteiger partial charge in [0.15, 0.2) is 0 Å². The normalized spacial score (nSPS) is 11.8. The van der Waals surface area contributed by atoms with Gasteiger partial charge in [0.2, 0.25) is 5.91 Å². The zero-order valence-corrected chi connectivity index (χ0v) is 13.4. The van der Waals surface area contributed by atoms with Crippen molar-refractivity contribution in [3.05, 3.63) is 35.9 Å². The maximum Gasteiger partial charge on any atom is 0.221 e. The van der Waals surface area contributed by atoms with E-state index >= 15 is 0 Å². The van der Waals surface area contributed by atoms with E-state index in [4.69, 9.17) is 0 Å². The first-order valence-electron chi connectivity index (χ1n) is 6.78. The third-order valence-electron chi connectivity index (χ3n) is 2.89. The van der Waals surface area contributed by atoms with E-state index in [1.165, 1.54) is 5.56 Å². The van der Waals surface area contributed by atoms with Gasteiger partial charge in [-0.05, 0) is 26.6 Å². The fourth-order valence-corrected chi connectivity index (χ4v) is 2.06. The van der Waals surface area contributed by atoms with Crippen molar-refractivity contribution in [1.29, 1.82) is 0 Å². The number of benzene rings is 1. The number of carbonyl (C=O) groups excluding carboxylic acids is 1. The Morgan fingerprint density at radius 1 is 1.30 bits per heavy atom. The molecule has 0 saturated carbocycles. The van der Waals surface area contributed by atoms with Gasteiger partial charge in [0.05, 0.1) is 0 Å². The minimum atomic E-state index is 0. The van der Waals surface area contributed by atoms with Crippen LogP contribution >= 0.6 is 12.4 Å². The number of carbonyl (C=O) groups is 1. The van der Waals surface area contributed by atoms with E-state index in [1.807, 2.05) is 32.2 Å². The molecule has 2 N–H and O–H groups in total. The molecule has 0 radical (unpaired) electrons. The molecule has 5 heteroatoms. The van der Waals surface area contributed by atoms with Crippen LogP contribution in [0.5, 0.6) is 0 Å². The van der Waals surface area contributed by atoms with Gasteiger partial charge in [-0.3, -0.25) is 4.79 Å². The standard InChI is InChI=1S/C15H25N3O.ClH/c1-13(17-15(19)9-10-16-2)11-18(3)12-14-7-5-4-6-8-14;/h4-8,13,16H,9-12H2,1-3H3,(H,17,19);1H. The molecule has 0 aliphatic carbocycles. The highest BCUT2D eigenvalue weighted by atomic mass is 35.5. The molecular formula is C15H26ClN3O. The summed E-state index contributed by atoms with van der Waals surface area (Å²) >= 11 is 0. The van der Waals surface area contributed by atoms with Gasteiger partial charge >= 0.3 is 0 Å². The van der Waals surface area contributed by atoms with Crippen molar-refractivity contribution < 1.29 is 4.79 Å². The lowest BCUT2D eigenvalue weighted by atomic mass is 10.2. The summed E-state index contributed by atoms with van der Waals surface area (Å²) in [7, 11) is 3.92. The number of rotatable bonds is 8. The molecule has 0 aromatic heterocycles. The molecule has 1 atom stereocenters. The van der Waals surface area contributed by atoms with Crippen molar-refractivity contribution in [2.45, 2.75) is 25.9 Å². The maximum absolute atomic E-state index is 11.6. The highest BCUT2D eigenvalue weighted by molar-refractivity contribution is 5.85. The van der Waals surface area contributed by atoms with Crippen LogP contribution in [-0.4, -0.2) is 44.0 Å². The average molecular weight is 300 g/mol. The summed E-state index contributed by atoms with van der Waals surface area (Å²) in [5.74, 6) is 0.106. The first-order valence-corrected chi connectivity index (χ1v) is 6.78. The number of halogens is 1. The largest absolute Gasteiger partial charge is 0.352 e. The van der Waals surface area contributed by atoms with Gasteiger partial charge in [0.25, 0.3) is 0 Å². The molecule has 1 unspecified atom stereocenters. The Hall–Kier alpha value is -1.10. The van der Waals surface area contributed by atoms with Crippen LogP contribution in [0.15, 0.2) is 30.3 Å². The van der Waals surface area contributed by atoms with E-state index in [9.17, 15) is 4.79 Å². The second-order valence-corrected chi connectivity index (χ2v) is 5.00. The summed E-state index contributed by atoms with van der Waals surface area (Å²) in [6.45, 7) is 4.51. The van der Waals surface area contributed by atoms with Crippen LogP contribution in [0.4, 0.5) is 0 Å². The highest BCUT2D eigenvalue weighted by Crippen LogP contribution is 2.03. The lowest BCUT2D eigenvalue weighted by Gasteiger charge is -2.22. The minimum Gasteiger partial charge on any atom is -0.352 e. The van der Waals surface area contributed by atoms with Crippen LogP contribution in [0.2, 0.25) is 0 Å². The van der Waals surface area contributed by atoms with Gasteiger partial charge in [-0.25, -0.2) is 0 Å². The molecule has 1 aromatic rings. The Balaban J connectivity index is 0.00000361. The third kappa shape index (κ3) is 8.15. The van der Waals surface area contributed by atoms with Crippen molar-refractivity contribution in [2.24, 2.45) is 0 Å². The number of nitrogens with zero attached hydrogens (tertiary/aromatic N) is 1. The monoisotopic (exact) mass is 299 g/mol. The Bertz CT molecular complexity index is 373. The van der Waals surface area contributed by atoms with Gasteiger partial charge in [0, 0.05) is 32.1 Å². The first-order chi connectivity index (χ1) is 9.11. The van der Waals surface area contributed by atoms with Crippen molar-refractivity contribution in [1.82, 2.24) is 15.5 Å². The molecule has 0 spiro atoms. The predicted octanol–water partition coefficient (Wildman–Crippen LogP) is 1.65. The molecule has 0 aliphatic heterocycles. The third-order valence-corrected chi connectivity index (χ3v) is 2.89. The summed E-state index contributed by atoms with van der Waals surface area (Å²) in [6.07, 6.45) is 0.531. The van der Waals surface area contributed by atoms with E-state index in [1.54, 1.807) is 0 Å². The Kier molecular flexibility index (Phi) is 10.1. The average Bonchev–Trinajstić information content (AvgIpc) is 2.37. The van der Waals surface area contributed by atoms with E-state index in [0.29, 0.717) is 6.42 Å². The molecule has 1 rings (SSSR count). The second kappa shape index (κ2) is 10.7. The summed E-state index contributed by atoms with van der Waals surface area (Å²) in [5.41, 5.74) is 1.29. The number of hydrogen-bond acceptors (Lipinski definition) is 3. The zero-order valence-electron chi connectivity index (χ0n) is 12.6. The molecule has 0 saturated heterocycles. The lowest BCUT2D eigenvalue weighted by molar-refractivity contribution is -0.121. The van der Waals surface area contributed by atoms with Gasteiger partial charge in [0.1, 0.15) is 0 Å². The molecule has 4 nitrogen and oxygen atoms in total. The van der Waals surface area contributed by atoms with Crippen LogP contribution < -0.4 is 10.6 Å². The Labute approximate surface area is 128 Å². The Morgan fingerprint density at radius 3 is 2.55 bits per heavy atom. The predicted molar refractivity (Wildman–Crippen MR) is 86.2 cm³/mol. The van der Waals surface area contributed by atoms with E-state index < -0.39 is 0 Å². The fraction of sp³-hybridized carbons (Fsp3) is 0.533. The number of nitrogens with one attached hydrogen (secondary N) is 2. The molecule has 0 aliphatic rings. The molecule has 0 bridgehead atoms. The van der Waals surface area contributed by atoms with Gasteiger partial charge in [-0.2, -0.15) is 0 Å². The first kappa shape index (κ1) is 18.9. The molecule has 0 fully saturated rings. The Morgan fingerprint density at radius 2 is 1.95 bits per heavy atom. The fourth-order valence-electron chi connectivity index (χ4n) is 2.06. The van der Waals surface area contributed by atoms with Crippen LogP contribution in [0, 0.1) is 0 Å². The molecule has 1 aromatic carbocycles. The van der Waals surface area contributed by atoms with Crippen LogP contribution in [-0.2, 0) is 11.3 Å². The summed E-state index contributed by atoms with van der Waals surface area (Å²) in [6, 6.07) is 10.5. The highest BCUT2D eigenvalue weighted by Gasteiger charge is 2.09. The summed E-state index contributed by atoms with van der Waals surface area (Å²) in [5, 5.41) is 5.98. The molecular weight excluding hydrogens is 274 g/mol. The molecule has 0 heterocycles. The van der Waals surface area contributed by atoms with Gasteiger partial charge in [-0.15, -0.1) is 12.4 Å². The van der Waals surface area contributed by atoms with E-state index in [0.717, 1.165) is 19.6 Å². The topological polar surface area (TPSA) is 44.4 Å². The summed E-state index contributed by atoms with van der Waals surface area (Å²) < 4.78 is 0. The molecule has 114 valence electrons. The van der Waals surface area contributed by atoms with Crippen molar-refractivity contribution >= 4 is 18.3 Å². The van der Waals surface area contributed by atoms with Crippen molar-refractivity contribution in [3.8, 4) is 0 Å².